The van der Waals surface area contributed by atoms with Crippen LogP contribution in [-0.4, -0.2) is 43.0 Å². The standard InChI is InChI=1S/C21H24N2O4/c1-23(2)18-16-9-14-10-17(24-3)21(16,26-14)11-15-19(18)27-22-20(15)25-12-13-7-5-4-6-8-13/h4-8,10,14,16,18H,9,11-12H2,1-3H3/t14-,16+,18+,21+/m1/s1. The number of rotatable bonds is 5. The summed E-state index contributed by atoms with van der Waals surface area (Å²) < 4.78 is 24.0. The minimum Gasteiger partial charge on any atom is -0.498 e. The predicted molar refractivity (Wildman–Crippen MR) is 98.2 cm³/mol. The van der Waals surface area contributed by atoms with Gasteiger partial charge in [-0.15, -0.1) is 0 Å². The molecule has 1 saturated heterocycles. The molecule has 1 aliphatic carbocycles. The van der Waals surface area contributed by atoms with E-state index in [1.165, 1.54) is 0 Å². The first-order valence-corrected chi connectivity index (χ1v) is 9.38. The summed E-state index contributed by atoms with van der Waals surface area (Å²) in [5.41, 5.74) is 1.64. The van der Waals surface area contributed by atoms with Gasteiger partial charge in [-0.1, -0.05) is 30.3 Å². The summed E-state index contributed by atoms with van der Waals surface area (Å²) in [7, 11) is 5.87. The lowest BCUT2D eigenvalue weighted by Crippen LogP contribution is -2.48. The molecule has 2 bridgehead atoms. The molecule has 1 spiro atoms. The molecule has 5 rings (SSSR count). The van der Waals surface area contributed by atoms with Gasteiger partial charge in [-0.2, -0.15) is 0 Å². The van der Waals surface area contributed by atoms with Gasteiger partial charge in [0, 0.05) is 12.3 Å². The summed E-state index contributed by atoms with van der Waals surface area (Å²) in [4.78, 5) is 2.19. The molecule has 0 unspecified atom stereocenters. The maximum absolute atomic E-state index is 6.42. The number of methoxy groups -OCH3 is 1. The molecule has 0 N–H and O–H groups in total. The summed E-state index contributed by atoms with van der Waals surface area (Å²) in [6.07, 6.45) is 3.86. The maximum atomic E-state index is 6.42. The fraction of sp³-hybridized carbons (Fsp3) is 0.476. The van der Waals surface area contributed by atoms with Crippen LogP contribution >= 0.6 is 0 Å². The molecule has 0 amide bonds. The minimum absolute atomic E-state index is 0.0826. The summed E-state index contributed by atoms with van der Waals surface area (Å²) in [5, 5.41) is 4.26. The smallest absolute Gasteiger partial charge is 0.258 e. The van der Waals surface area contributed by atoms with Gasteiger partial charge in [-0.05, 0) is 37.3 Å². The molecule has 4 atom stereocenters. The molecule has 2 aromatic rings. The van der Waals surface area contributed by atoms with E-state index in [1.807, 2.05) is 30.3 Å². The fourth-order valence-corrected chi connectivity index (χ4v) is 4.96. The lowest BCUT2D eigenvalue weighted by Gasteiger charge is -2.43. The Morgan fingerprint density at radius 3 is 2.81 bits per heavy atom. The van der Waals surface area contributed by atoms with Crippen molar-refractivity contribution in [3.8, 4) is 5.88 Å². The molecule has 142 valence electrons. The van der Waals surface area contributed by atoms with Crippen molar-refractivity contribution in [3.63, 3.8) is 0 Å². The second kappa shape index (κ2) is 6.11. The van der Waals surface area contributed by atoms with E-state index in [4.69, 9.17) is 18.7 Å². The third-order valence-electron chi connectivity index (χ3n) is 6.07. The van der Waals surface area contributed by atoms with Gasteiger partial charge in [0.15, 0.2) is 5.76 Å². The lowest BCUT2D eigenvalue weighted by molar-refractivity contribution is -0.0520. The summed E-state index contributed by atoms with van der Waals surface area (Å²) in [5.74, 6) is 2.66. The average molecular weight is 368 g/mol. The first-order chi connectivity index (χ1) is 13.1. The Hall–Kier alpha value is -2.31. The summed E-state index contributed by atoms with van der Waals surface area (Å²) >= 11 is 0. The Morgan fingerprint density at radius 2 is 2.07 bits per heavy atom. The Kier molecular flexibility index (Phi) is 3.81. The van der Waals surface area contributed by atoms with Crippen molar-refractivity contribution in [3.05, 3.63) is 59.1 Å². The SMILES string of the molecule is COC1=C[C@H]2C[C@H]3[C@H](N(C)C)c4onc(OCc5ccccc5)c4C[C@@]13O2. The molecule has 3 aliphatic rings. The van der Waals surface area contributed by atoms with Gasteiger partial charge in [-0.3, -0.25) is 4.90 Å². The van der Waals surface area contributed by atoms with Crippen LogP contribution in [0.4, 0.5) is 0 Å². The molecular formula is C21H24N2O4. The van der Waals surface area contributed by atoms with Crippen LogP contribution in [0, 0.1) is 5.92 Å². The van der Waals surface area contributed by atoms with Gasteiger partial charge in [0.05, 0.1) is 24.8 Å². The van der Waals surface area contributed by atoms with Crippen molar-refractivity contribution in [2.75, 3.05) is 21.2 Å². The Balaban J connectivity index is 1.51. The van der Waals surface area contributed by atoms with Crippen molar-refractivity contribution in [2.24, 2.45) is 5.92 Å². The van der Waals surface area contributed by atoms with E-state index in [1.54, 1.807) is 7.11 Å². The molecule has 1 fully saturated rings. The lowest BCUT2D eigenvalue weighted by atomic mass is 9.68. The number of hydrogen-bond donors (Lipinski definition) is 0. The molecular weight excluding hydrogens is 344 g/mol. The second-order valence-electron chi connectivity index (χ2n) is 7.81. The van der Waals surface area contributed by atoms with Crippen LogP contribution in [0.3, 0.4) is 0 Å². The molecule has 2 aliphatic heterocycles. The highest BCUT2D eigenvalue weighted by molar-refractivity contribution is 5.43. The molecule has 3 heterocycles. The number of hydrogen-bond acceptors (Lipinski definition) is 6. The molecule has 0 saturated carbocycles. The van der Waals surface area contributed by atoms with Crippen molar-refractivity contribution >= 4 is 0 Å². The van der Waals surface area contributed by atoms with Gasteiger partial charge < -0.3 is 18.7 Å². The Labute approximate surface area is 158 Å². The van der Waals surface area contributed by atoms with Gasteiger partial charge >= 0.3 is 0 Å². The first-order valence-electron chi connectivity index (χ1n) is 9.38. The fourth-order valence-electron chi connectivity index (χ4n) is 4.96. The number of nitrogens with zero attached hydrogens (tertiary/aromatic N) is 2. The van der Waals surface area contributed by atoms with Gasteiger partial charge in [0.2, 0.25) is 0 Å². The highest BCUT2D eigenvalue weighted by Crippen LogP contribution is 2.59. The Morgan fingerprint density at radius 1 is 1.26 bits per heavy atom. The third kappa shape index (κ3) is 2.43. The van der Waals surface area contributed by atoms with Crippen molar-refractivity contribution in [2.45, 2.75) is 37.2 Å². The minimum atomic E-state index is -0.447. The van der Waals surface area contributed by atoms with E-state index in [2.05, 4.69) is 30.2 Å². The van der Waals surface area contributed by atoms with E-state index in [0.29, 0.717) is 18.9 Å². The highest BCUT2D eigenvalue weighted by Gasteiger charge is 2.63. The van der Waals surface area contributed by atoms with E-state index in [-0.39, 0.29) is 18.1 Å². The number of aromatic nitrogens is 1. The normalized spacial score (nSPS) is 30.8. The maximum Gasteiger partial charge on any atom is 0.258 e. The van der Waals surface area contributed by atoms with Gasteiger partial charge in [0.25, 0.3) is 5.88 Å². The molecule has 6 nitrogen and oxygen atoms in total. The third-order valence-corrected chi connectivity index (χ3v) is 6.07. The Bertz CT molecular complexity index is 876. The van der Waals surface area contributed by atoms with E-state index >= 15 is 0 Å². The molecule has 1 aromatic heterocycles. The number of fused-ring (bicyclic) bond motifs is 2. The predicted octanol–water partition coefficient (Wildman–Crippen LogP) is 3.10. The molecule has 1 aromatic carbocycles. The average Bonchev–Trinajstić information content (AvgIpc) is 3.34. The van der Waals surface area contributed by atoms with E-state index < -0.39 is 5.60 Å². The largest absolute Gasteiger partial charge is 0.498 e. The molecule has 0 radical (unpaired) electrons. The van der Waals surface area contributed by atoms with Crippen LogP contribution < -0.4 is 4.74 Å². The van der Waals surface area contributed by atoms with Crippen LogP contribution in [0.25, 0.3) is 0 Å². The highest BCUT2D eigenvalue weighted by atomic mass is 16.6. The van der Waals surface area contributed by atoms with Crippen LogP contribution in [0.15, 0.2) is 46.7 Å². The van der Waals surface area contributed by atoms with E-state index in [9.17, 15) is 0 Å². The van der Waals surface area contributed by atoms with Crippen LogP contribution in [0.1, 0.15) is 29.3 Å². The van der Waals surface area contributed by atoms with Crippen LogP contribution in [0.2, 0.25) is 0 Å². The zero-order chi connectivity index (χ0) is 18.6. The zero-order valence-corrected chi connectivity index (χ0v) is 15.8. The van der Waals surface area contributed by atoms with Crippen LogP contribution in [0.5, 0.6) is 5.88 Å². The number of ether oxygens (including phenoxy) is 3. The molecule has 27 heavy (non-hydrogen) atoms. The van der Waals surface area contributed by atoms with Crippen molar-refractivity contribution < 1.29 is 18.7 Å². The van der Waals surface area contributed by atoms with Crippen molar-refractivity contribution in [1.82, 2.24) is 10.1 Å². The zero-order valence-electron chi connectivity index (χ0n) is 15.8. The topological polar surface area (TPSA) is 57.0 Å². The monoisotopic (exact) mass is 368 g/mol. The van der Waals surface area contributed by atoms with Gasteiger partial charge in [-0.25, -0.2) is 0 Å². The quantitative estimate of drug-likeness (QED) is 0.808. The van der Waals surface area contributed by atoms with Gasteiger partial charge in [0.1, 0.15) is 18.0 Å². The first kappa shape index (κ1) is 16.8. The van der Waals surface area contributed by atoms with E-state index in [0.717, 1.165) is 29.1 Å². The second-order valence-corrected chi connectivity index (χ2v) is 7.81. The summed E-state index contributed by atoms with van der Waals surface area (Å²) in [6, 6.07) is 10.2. The summed E-state index contributed by atoms with van der Waals surface area (Å²) in [6.45, 7) is 0.458. The van der Waals surface area contributed by atoms with Crippen LogP contribution in [-0.2, 0) is 22.5 Å². The number of benzene rings is 1. The van der Waals surface area contributed by atoms with Crippen molar-refractivity contribution in [1.29, 1.82) is 0 Å². The molecule has 6 heteroatoms.